The average Bonchev–Trinajstić information content (AvgIpc) is 3.33. The zero-order valence-electron chi connectivity index (χ0n) is 22.2. The monoisotopic (exact) mass is 486 g/mol. The molecule has 0 N–H and O–H groups in total. The Morgan fingerprint density at radius 1 is 1.08 bits per heavy atom. The number of fused-ring (bicyclic) bond motifs is 1. The van der Waals surface area contributed by atoms with Crippen LogP contribution in [0.3, 0.4) is 0 Å². The minimum absolute atomic E-state index is 0.0625. The molecule has 4 rings (SSSR count). The number of esters is 1. The number of methoxy groups -OCH3 is 1. The maximum absolute atomic E-state index is 11.8. The predicted molar refractivity (Wildman–Crippen MR) is 146 cm³/mol. The first kappa shape index (κ1) is 27.1. The number of allylic oxidation sites excluding steroid dienone is 4. The Bertz CT molecular complexity index is 1160. The Morgan fingerprint density at radius 2 is 1.89 bits per heavy atom. The summed E-state index contributed by atoms with van der Waals surface area (Å²) in [6.07, 6.45) is 8.09. The number of hydrogen-bond donors (Lipinski definition) is 0. The molecule has 0 radical (unpaired) electrons. The summed E-state index contributed by atoms with van der Waals surface area (Å²) in [6.45, 7) is 8.46. The van der Waals surface area contributed by atoms with Crippen LogP contribution in [0.15, 0.2) is 65.9 Å². The minimum Gasteiger partial charge on any atom is -0.494 e. The molecule has 0 fully saturated rings. The third-order valence-corrected chi connectivity index (χ3v) is 6.47. The van der Waals surface area contributed by atoms with Gasteiger partial charge in [0, 0.05) is 6.42 Å². The topological polar surface area (TPSA) is 44.8 Å². The molecule has 2 unspecified atom stereocenters. The fourth-order valence-electron chi connectivity index (χ4n) is 4.83. The number of rotatable bonds is 8. The Balaban J connectivity index is 0.00000176. The molecule has 190 valence electrons. The average molecular weight is 487 g/mol. The Hall–Kier alpha value is -3.45. The van der Waals surface area contributed by atoms with Gasteiger partial charge in [-0.05, 0) is 73.6 Å². The SMILES string of the molecule is CC.CC#CC(CC(=O)OC)C1=CC=C(OC2CCc3c(-c4cccc(OCC)c4)cccc32)CC1. The summed E-state index contributed by atoms with van der Waals surface area (Å²) in [7, 11) is 1.42. The Labute approximate surface area is 216 Å². The van der Waals surface area contributed by atoms with Crippen molar-refractivity contribution in [1.29, 1.82) is 0 Å². The quantitative estimate of drug-likeness (QED) is 0.285. The fraction of sp³-hybridized carbons (Fsp3) is 0.406. The summed E-state index contributed by atoms with van der Waals surface area (Å²) in [5.41, 5.74) is 6.24. The van der Waals surface area contributed by atoms with Crippen LogP contribution in [0.25, 0.3) is 11.1 Å². The van der Waals surface area contributed by atoms with Crippen LogP contribution in [0, 0.1) is 17.8 Å². The molecule has 2 aromatic rings. The zero-order chi connectivity index (χ0) is 25.9. The van der Waals surface area contributed by atoms with Gasteiger partial charge < -0.3 is 14.2 Å². The molecule has 0 bridgehead atoms. The number of ether oxygens (including phenoxy) is 3. The van der Waals surface area contributed by atoms with E-state index in [1.807, 2.05) is 32.9 Å². The van der Waals surface area contributed by atoms with Gasteiger partial charge in [-0.2, -0.15) is 0 Å². The van der Waals surface area contributed by atoms with E-state index in [1.54, 1.807) is 6.92 Å². The molecule has 0 saturated carbocycles. The van der Waals surface area contributed by atoms with Crippen LogP contribution in [0.2, 0.25) is 0 Å². The molecule has 2 atom stereocenters. The van der Waals surface area contributed by atoms with Crippen molar-refractivity contribution in [3.8, 4) is 28.7 Å². The Kier molecular flexibility index (Phi) is 10.2. The maximum Gasteiger partial charge on any atom is 0.307 e. The minimum atomic E-state index is -0.232. The Morgan fingerprint density at radius 3 is 2.58 bits per heavy atom. The highest BCUT2D eigenvalue weighted by molar-refractivity contribution is 5.71. The molecule has 2 aliphatic carbocycles. The molecule has 36 heavy (non-hydrogen) atoms. The normalized spacial score (nSPS) is 16.6. The number of hydrogen-bond acceptors (Lipinski definition) is 4. The van der Waals surface area contributed by atoms with Crippen LogP contribution in [-0.2, 0) is 20.7 Å². The number of benzene rings is 2. The van der Waals surface area contributed by atoms with Crippen LogP contribution in [0.1, 0.15) is 70.6 Å². The van der Waals surface area contributed by atoms with Gasteiger partial charge in [0.2, 0.25) is 0 Å². The van der Waals surface area contributed by atoms with E-state index in [0.717, 1.165) is 42.8 Å². The molecular formula is C32H38O4. The van der Waals surface area contributed by atoms with Gasteiger partial charge in [0.25, 0.3) is 0 Å². The lowest BCUT2D eigenvalue weighted by Gasteiger charge is -2.22. The molecule has 2 aromatic carbocycles. The first-order valence-corrected chi connectivity index (χ1v) is 13.0. The van der Waals surface area contributed by atoms with Crippen molar-refractivity contribution in [2.45, 2.75) is 65.9 Å². The van der Waals surface area contributed by atoms with E-state index in [1.165, 1.54) is 29.4 Å². The van der Waals surface area contributed by atoms with E-state index in [9.17, 15) is 4.79 Å². The van der Waals surface area contributed by atoms with Crippen molar-refractivity contribution in [3.63, 3.8) is 0 Å². The highest BCUT2D eigenvalue weighted by atomic mass is 16.5. The van der Waals surface area contributed by atoms with Gasteiger partial charge in [-0.25, -0.2) is 0 Å². The predicted octanol–water partition coefficient (Wildman–Crippen LogP) is 7.59. The van der Waals surface area contributed by atoms with Gasteiger partial charge in [0.1, 0.15) is 11.9 Å². The summed E-state index contributed by atoms with van der Waals surface area (Å²) in [6, 6.07) is 14.8. The third-order valence-electron chi connectivity index (χ3n) is 6.47. The zero-order valence-corrected chi connectivity index (χ0v) is 22.2. The molecule has 4 nitrogen and oxygen atoms in total. The molecule has 2 aliphatic rings. The van der Waals surface area contributed by atoms with E-state index in [4.69, 9.17) is 14.2 Å². The lowest BCUT2D eigenvalue weighted by atomic mass is 9.89. The summed E-state index contributed by atoms with van der Waals surface area (Å²) in [5.74, 6) is 7.66. The van der Waals surface area contributed by atoms with E-state index >= 15 is 0 Å². The van der Waals surface area contributed by atoms with Crippen LogP contribution in [-0.4, -0.2) is 19.7 Å². The third kappa shape index (κ3) is 6.61. The van der Waals surface area contributed by atoms with Crippen molar-refractivity contribution in [2.24, 2.45) is 5.92 Å². The lowest BCUT2D eigenvalue weighted by molar-refractivity contribution is -0.141. The highest BCUT2D eigenvalue weighted by Gasteiger charge is 2.28. The van der Waals surface area contributed by atoms with Gasteiger partial charge >= 0.3 is 5.97 Å². The standard InChI is InChI=1S/C30H32O4.C2H6/c1-4-8-22(20-30(31)32-3)21-13-15-24(16-14-21)34-29-18-17-27-26(11-7-12-28(27)29)23-9-6-10-25(19-23)33-5-2;1-2/h6-7,9-13,15,19,22,29H,5,14,16-18,20H2,1-3H3;1-2H3. The first-order chi connectivity index (χ1) is 17.6. The second-order valence-corrected chi connectivity index (χ2v) is 8.58. The summed E-state index contributed by atoms with van der Waals surface area (Å²) in [4.78, 5) is 11.8. The smallest absolute Gasteiger partial charge is 0.307 e. The van der Waals surface area contributed by atoms with Crippen molar-refractivity contribution >= 4 is 5.97 Å². The highest BCUT2D eigenvalue weighted by Crippen LogP contribution is 2.42. The van der Waals surface area contributed by atoms with Gasteiger partial charge in [0.15, 0.2) is 0 Å². The molecule has 4 heteroatoms. The summed E-state index contributed by atoms with van der Waals surface area (Å²) >= 11 is 0. The molecule has 0 heterocycles. The molecule has 0 aliphatic heterocycles. The van der Waals surface area contributed by atoms with Crippen molar-refractivity contribution in [1.82, 2.24) is 0 Å². The second-order valence-electron chi connectivity index (χ2n) is 8.58. The molecule has 0 saturated heterocycles. The van der Waals surface area contributed by atoms with Gasteiger partial charge in [-0.15, -0.1) is 5.92 Å². The van der Waals surface area contributed by atoms with Crippen LogP contribution in [0.4, 0.5) is 0 Å². The van der Waals surface area contributed by atoms with E-state index in [-0.39, 0.29) is 24.4 Å². The van der Waals surface area contributed by atoms with Crippen molar-refractivity contribution in [3.05, 3.63) is 77.1 Å². The van der Waals surface area contributed by atoms with Crippen LogP contribution < -0.4 is 4.74 Å². The fourth-order valence-corrected chi connectivity index (χ4v) is 4.83. The van der Waals surface area contributed by atoms with Crippen LogP contribution in [0.5, 0.6) is 5.75 Å². The largest absolute Gasteiger partial charge is 0.494 e. The molecule has 0 spiro atoms. The van der Waals surface area contributed by atoms with E-state index < -0.39 is 0 Å². The number of carbonyl (C=O) groups is 1. The second kappa shape index (κ2) is 13.6. The molecule has 0 amide bonds. The molecular weight excluding hydrogens is 448 g/mol. The van der Waals surface area contributed by atoms with Crippen LogP contribution >= 0.6 is 0 Å². The number of carbonyl (C=O) groups excluding carboxylic acids is 1. The van der Waals surface area contributed by atoms with Gasteiger partial charge in [0.05, 0.1) is 31.8 Å². The first-order valence-electron chi connectivity index (χ1n) is 13.0. The van der Waals surface area contributed by atoms with E-state index in [2.05, 4.69) is 54.3 Å². The van der Waals surface area contributed by atoms with Crippen molar-refractivity contribution < 1.29 is 19.0 Å². The lowest BCUT2D eigenvalue weighted by Crippen LogP contribution is -2.13. The molecule has 0 aromatic heterocycles. The van der Waals surface area contributed by atoms with Gasteiger partial charge in [-0.1, -0.05) is 61.7 Å². The van der Waals surface area contributed by atoms with E-state index in [0.29, 0.717) is 6.61 Å². The summed E-state index contributed by atoms with van der Waals surface area (Å²) < 4.78 is 17.0. The maximum atomic E-state index is 11.8. The summed E-state index contributed by atoms with van der Waals surface area (Å²) in [5, 5.41) is 0. The van der Waals surface area contributed by atoms with Crippen molar-refractivity contribution in [2.75, 3.05) is 13.7 Å². The van der Waals surface area contributed by atoms with Gasteiger partial charge in [-0.3, -0.25) is 4.79 Å².